The first kappa shape index (κ1) is 14.3. The zero-order valence-electron chi connectivity index (χ0n) is 10.3. The molecule has 1 fully saturated rings. The number of nitrogens with two attached hydrogens (primary N) is 1. The van der Waals surface area contributed by atoms with Crippen LogP contribution in [0.25, 0.3) is 0 Å². The first-order chi connectivity index (χ1) is 8.59. The smallest absolute Gasteiger partial charge is 0.0761 e. The number of rotatable bonds is 3. The van der Waals surface area contributed by atoms with Crippen LogP contribution in [-0.4, -0.2) is 11.2 Å². The van der Waals surface area contributed by atoms with Gasteiger partial charge in [0, 0.05) is 9.50 Å². The molecule has 1 aliphatic rings. The third-order valence-electron chi connectivity index (χ3n) is 3.82. The summed E-state index contributed by atoms with van der Waals surface area (Å²) in [6.45, 7) is 0. The van der Waals surface area contributed by atoms with Crippen LogP contribution in [0.1, 0.15) is 43.7 Å². The van der Waals surface area contributed by atoms with E-state index >= 15 is 0 Å². The predicted molar refractivity (Wildman–Crippen MR) is 78.7 cm³/mol. The molecule has 1 aromatic carbocycles. The van der Waals surface area contributed by atoms with Gasteiger partial charge in [-0.15, -0.1) is 0 Å². The fourth-order valence-corrected chi connectivity index (χ4v) is 3.35. The minimum Gasteiger partial charge on any atom is -0.391 e. The summed E-state index contributed by atoms with van der Waals surface area (Å²) in [6.07, 6.45) is 5.30. The fourth-order valence-electron chi connectivity index (χ4n) is 2.72. The highest BCUT2D eigenvalue weighted by molar-refractivity contribution is 9.10. The highest BCUT2D eigenvalue weighted by Gasteiger charge is 2.28. The Bertz CT molecular complexity index is 407. The van der Waals surface area contributed by atoms with E-state index in [1.165, 1.54) is 19.3 Å². The molecule has 0 amide bonds. The van der Waals surface area contributed by atoms with Gasteiger partial charge in [0.1, 0.15) is 0 Å². The van der Waals surface area contributed by atoms with Crippen LogP contribution >= 0.6 is 27.5 Å². The molecule has 0 saturated heterocycles. The van der Waals surface area contributed by atoms with E-state index in [0.717, 1.165) is 22.9 Å². The second kappa shape index (κ2) is 6.38. The molecular formula is C14H19BrClNO. The van der Waals surface area contributed by atoms with E-state index in [2.05, 4.69) is 15.9 Å². The quantitative estimate of drug-likeness (QED) is 0.877. The molecule has 18 heavy (non-hydrogen) atoms. The summed E-state index contributed by atoms with van der Waals surface area (Å²) >= 11 is 9.58. The number of aliphatic hydroxyl groups excluding tert-OH is 1. The SMILES string of the molecule is N[C@H](c1cc(Br)ccc1Cl)[C@@H](O)C1CCCCC1. The first-order valence-electron chi connectivity index (χ1n) is 6.48. The number of aliphatic hydroxyl groups is 1. The molecule has 2 rings (SSSR count). The number of hydrogen-bond donors (Lipinski definition) is 2. The van der Waals surface area contributed by atoms with E-state index in [1.54, 1.807) is 0 Å². The van der Waals surface area contributed by atoms with Crippen molar-refractivity contribution in [1.29, 1.82) is 0 Å². The Morgan fingerprint density at radius 3 is 2.61 bits per heavy atom. The van der Waals surface area contributed by atoms with Gasteiger partial charge in [0.2, 0.25) is 0 Å². The maximum Gasteiger partial charge on any atom is 0.0761 e. The molecule has 0 bridgehead atoms. The van der Waals surface area contributed by atoms with Crippen molar-refractivity contribution in [2.45, 2.75) is 44.2 Å². The van der Waals surface area contributed by atoms with Crippen molar-refractivity contribution >= 4 is 27.5 Å². The van der Waals surface area contributed by atoms with Crippen molar-refractivity contribution in [3.8, 4) is 0 Å². The molecule has 2 nitrogen and oxygen atoms in total. The average molecular weight is 333 g/mol. The monoisotopic (exact) mass is 331 g/mol. The van der Waals surface area contributed by atoms with Crippen molar-refractivity contribution in [2.75, 3.05) is 0 Å². The number of benzene rings is 1. The van der Waals surface area contributed by atoms with Gasteiger partial charge >= 0.3 is 0 Å². The standard InChI is InChI=1S/C14H19BrClNO/c15-10-6-7-12(16)11(8-10)13(17)14(18)9-4-2-1-3-5-9/h6-9,13-14,18H,1-5,17H2/t13-,14+/m1/s1. The Morgan fingerprint density at radius 1 is 1.28 bits per heavy atom. The Labute approximate surface area is 122 Å². The summed E-state index contributed by atoms with van der Waals surface area (Å²) in [5.74, 6) is 0.309. The summed E-state index contributed by atoms with van der Waals surface area (Å²) in [5, 5.41) is 11.0. The lowest BCUT2D eigenvalue weighted by molar-refractivity contribution is 0.0618. The Kier molecular flexibility index (Phi) is 5.07. The molecule has 0 aromatic heterocycles. The van der Waals surface area contributed by atoms with Gasteiger partial charge in [-0.3, -0.25) is 0 Å². The summed E-state index contributed by atoms with van der Waals surface area (Å²) in [5.41, 5.74) is 7.01. The van der Waals surface area contributed by atoms with E-state index in [0.29, 0.717) is 10.9 Å². The highest BCUT2D eigenvalue weighted by atomic mass is 79.9. The third-order valence-corrected chi connectivity index (χ3v) is 4.66. The average Bonchev–Trinajstić information content (AvgIpc) is 2.41. The molecule has 1 aliphatic carbocycles. The fraction of sp³-hybridized carbons (Fsp3) is 0.571. The molecular weight excluding hydrogens is 314 g/mol. The molecule has 2 atom stereocenters. The summed E-state index contributed by atoms with van der Waals surface area (Å²) in [7, 11) is 0. The van der Waals surface area contributed by atoms with Gasteiger partial charge in [0.25, 0.3) is 0 Å². The Balaban J connectivity index is 2.13. The van der Waals surface area contributed by atoms with Crippen molar-refractivity contribution < 1.29 is 5.11 Å². The Hall–Kier alpha value is -0.0900. The molecule has 4 heteroatoms. The normalized spacial score (nSPS) is 20.7. The minimum atomic E-state index is -0.503. The lowest BCUT2D eigenvalue weighted by Crippen LogP contribution is -2.34. The highest BCUT2D eigenvalue weighted by Crippen LogP contribution is 2.34. The topological polar surface area (TPSA) is 46.2 Å². The van der Waals surface area contributed by atoms with E-state index in [9.17, 15) is 5.11 Å². The van der Waals surface area contributed by atoms with E-state index in [1.807, 2.05) is 18.2 Å². The lowest BCUT2D eigenvalue weighted by atomic mass is 9.81. The second-order valence-electron chi connectivity index (χ2n) is 5.08. The molecule has 1 aromatic rings. The first-order valence-corrected chi connectivity index (χ1v) is 7.65. The second-order valence-corrected chi connectivity index (χ2v) is 6.40. The van der Waals surface area contributed by atoms with Crippen molar-refractivity contribution in [3.05, 3.63) is 33.3 Å². The maximum absolute atomic E-state index is 10.4. The van der Waals surface area contributed by atoms with Crippen LogP contribution < -0.4 is 5.73 Å². The molecule has 0 spiro atoms. The van der Waals surface area contributed by atoms with Crippen LogP contribution in [-0.2, 0) is 0 Å². The molecule has 100 valence electrons. The zero-order valence-corrected chi connectivity index (χ0v) is 12.6. The van der Waals surface area contributed by atoms with Gasteiger partial charge in [-0.1, -0.05) is 46.8 Å². The largest absolute Gasteiger partial charge is 0.391 e. The van der Waals surface area contributed by atoms with E-state index in [-0.39, 0.29) is 0 Å². The van der Waals surface area contributed by atoms with Crippen molar-refractivity contribution in [1.82, 2.24) is 0 Å². The zero-order chi connectivity index (χ0) is 13.1. The number of hydrogen-bond acceptors (Lipinski definition) is 2. The lowest BCUT2D eigenvalue weighted by Gasteiger charge is -2.31. The molecule has 0 unspecified atom stereocenters. The predicted octanol–water partition coefficient (Wildman–Crippen LogP) is 4.04. The van der Waals surface area contributed by atoms with Crippen molar-refractivity contribution in [2.24, 2.45) is 11.7 Å². The third kappa shape index (κ3) is 3.27. The summed E-state index contributed by atoms with van der Waals surface area (Å²) in [4.78, 5) is 0. The molecule has 0 heterocycles. The van der Waals surface area contributed by atoms with Crippen molar-refractivity contribution in [3.63, 3.8) is 0 Å². The molecule has 1 saturated carbocycles. The van der Waals surface area contributed by atoms with Gasteiger partial charge in [0.05, 0.1) is 12.1 Å². The Morgan fingerprint density at radius 2 is 1.94 bits per heavy atom. The van der Waals surface area contributed by atoms with Crippen LogP contribution in [0.2, 0.25) is 5.02 Å². The summed E-state index contributed by atoms with van der Waals surface area (Å²) in [6, 6.07) is 5.19. The van der Waals surface area contributed by atoms with Gasteiger partial charge in [0.15, 0.2) is 0 Å². The summed E-state index contributed by atoms with van der Waals surface area (Å²) < 4.78 is 0.938. The van der Waals surface area contributed by atoms with E-state index in [4.69, 9.17) is 17.3 Å². The molecule has 3 N–H and O–H groups in total. The molecule has 0 aliphatic heterocycles. The van der Waals surface area contributed by atoms with Gasteiger partial charge in [-0.2, -0.15) is 0 Å². The molecule has 0 radical (unpaired) electrons. The van der Waals surface area contributed by atoms with Gasteiger partial charge < -0.3 is 10.8 Å². The maximum atomic E-state index is 10.4. The van der Waals surface area contributed by atoms with Gasteiger partial charge in [-0.05, 0) is 42.5 Å². The van der Waals surface area contributed by atoms with Crippen LogP contribution in [0, 0.1) is 5.92 Å². The minimum absolute atomic E-state index is 0.309. The van der Waals surface area contributed by atoms with E-state index < -0.39 is 12.1 Å². The van der Waals surface area contributed by atoms with Crippen LogP contribution in [0.4, 0.5) is 0 Å². The van der Waals surface area contributed by atoms with Crippen LogP contribution in [0.3, 0.4) is 0 Å². The number of halogens is 2. The van der Waals surface area contributed by atoms with Crippen LogP contribution in [0.5, 0.6) is 0 Å². The van der Waals surface area contributed by atoms with Gasteiger partial charge in [-0.25, -0.2) is 0 Å². The van der Waals surface area contributed by atoms with Crippen LogP contribution in [0.15, 0.2) is 22.7 Å².